The van der Waals surface area contributed by atoms with Gasteiger partial charge >= 0.3 is 0 Å². The van der Waals surface area contributed by atoms with Gasteiger partial charge in [-0.2, -0.15) is 0 Å². The molecular formula is C25H28N8O. The first-order valence-corrected chi connectivity index (χ1v) is 11.2. The van der Waals surface area contributed by atoms with E-state index in [9.17, 15) is 4.79 Å². The molecule has 1 aliphatic heterocycles. The van der Waals surface area contributed by atoms with Crippen LogP contribution in [-0.2, 0) is 13.6 Å². The first-order chi connectivity index (χ1) is 16.4. The van der Waals surface area contributed by atoms with Crippen molar-refractivity contribution in [3.05, 3.63) is 60.0 Å². The third-order valence-electron chi connectivity index (χ3n) is 6.13. The average molecular weight is 457 g/mol. The van der Waals surface area contributed by atoms with E-state index in [4.69, 9.17) is 9.97 Å². The second-order valence-corrected chi connectivity index (χ2v) is 8.81. The van der Waals surface area contributed by atoms with Gasteiger partial charge in [0.25, 0.3) is 5.91 Å². The number of carbonyl (C=O) groups excluding carboxylic acids is 1. The minimum absolute atomic E-state index is 0.112. The zero-order valence-electron chi connectivity index (χ0n) is 19.8. The van der Waals surface area contributed by atoms with Gasteiger partial charge in [0.15, 0.2) is 0 Å². The molecular weight excluding hydrogens is 428 g/mol. The molecule has 34 heavy (non-hydrogen) atoms. The van der Waals surface area contributed by atoms with Crippen LogP contribution in [0.3, 0.4) is 0 Å². The van der Waals surface area contributed by atoms with E-state index < -0.39 is 0 Å². The molecule has 0 aliphatic carbocycles. The van der Waals surface area contributed by atoms with E-state index in [0.29, 0.717) is 23.6 Å². The molecule has 9 nitrogen and oxygen atoms in total. The molecule has 5 heterocycles. The lowest BCUT2D eigenvalue weighted by atomic mass is 10.0. The quantitative estimate of drug-likeness (QED) is 0.442. The van der Waals surface area contributed by atoms with Crippen LogP contribution < -0.4 is 15.5 Å². The van der Waals surface area contributed by atoms with Crippen LogP contribution in [-0.4, -0.2) is 64.6 Å². The molecule has 0 aromatic carbocycles. The fourth-order valence-corrected chi connectivity index (χ4v) is 4.25. The molecule has 0 spiro atoms. The van der Waals surface area contributed by atoms with Gasteiger partial charge in [-0.15, -0.1) is 0 Å². The number of nitrogens with zero attached hydrogens (tertiary/aromatic N) is 6. The molecule has 9 heteroatoms. The molecule has 2 N–H and O–H groups in total. The minimum Gasteiger partial charge on any atom is -0.358 e. The molecule has 174 valence electrons. The van der Waals surface area contributed by atoms with Crippen LogP contribution in [0.15, 0.2) is 48.9 Å². The fourth-order valence-electron chi connectivity index (χ4n) is 4.25. The summed E-state index contributed by atoms with van der Waals surface area (Å²) >= 11 is 0. The number of nitrogens with one attached hydrogen (secondary N) is 2. The van der Waals surface area contributed by atoms with Crippen molar-refractivity contribution < 1.29 is 4.79 Å². The van der Waals surface area contributed by atoms with Gasteiger partial charge in [-0.1, -0.05) is 6.07 Å². The molecule has 0 unspecified atom stereocenters. The Morgan fingerprint density at radius 3 is 2.79 bits per heavy atom. The van der Waals surface area contributed by atoms with Crippen molar-refractivity contribution >= 4 is 34.3 Å². The number of likely N-dealkylation sites (N-methyl/N-ethyl adjacent to an activating group) is 2. The van der Waals surface area contributed by atoms with E-state index in [-0.39, 0.29) is 5.91 Å². The number of aryl methyl sites for hydroxylation is 1. The van der Waals surface area contributed by atoms with Crippen LogP contribution in [0.5, 0.6) is 0 Å². The van der Waals surface area contributed by atoms with Gasteiger partial charge < -0.3 is 25.0 Å². The zero-order valence-corrected chi connectivity index (χ0v) is 19.8. The monoisotopic (exact) mass is 456 g/mol. The zero-order chi connectivity index (χ0) is 23.8. The number of aromatic nitrogens is 4. The maximum Gasteiger partial charge on any atom is 0.254 e. The smallest absolute Gasteiger partial charge is 0.254 e. The van der Waals surface area contributed by atoms with E-state index in [1.807, 2.05) is 55.2 Å². The molecule has 1 aliphatic rings. The normalized spacial score (nSPS) is 12.8. The Kier molecular flexibility index (Phi) is 5.62. The Morgan fingerprint density at radius 2 is 1.97 bits per heavy atom. The molecule has 4 aromatic heterocycles. The predicted octanol–water partition coefficient (Wildman–Crippen LogP) is 3.02. The highest BCUT2D eigenvalue weighted by Crippen LogP contribution is 2.36. The summed E-state index contributed by atoms with van der Waals surface area (Å²) in [5.41, 5.74) is 4.78. The lowest BCUT2D eigenvalue weighted by Gasteiger charge is -2.21. The summed E-state index contributed by atoms with van der Waals surface area (Å²) in [5.74, 6) is 1.42. The summed E-state index contributed by atoms with van der Waals surface area (Å²) in [7, 11) is 8.09. The van der Waals surface area contributed by atoms with Crippen LogP contribution in [0.25, 0.3) is 22.3 Å². The number of carbonyl (C=O) groups is 1. The Balaban J connectivity index is 1.50. The Morgan fingerprint density at radius 1 is 1.12 bits per heavy atom. The number of rotatable bonds is 7. The van der Waals surface area contributed by atoms with E-state index in [1.54, 1.807) is 12.4 Å². The summed E-state index contributed by atoms with van der Waals surface area (Å²) in [6, 6.07) is 9.82. The third kappa shape index (κ3) is 3.94. The van der Waals surface area contributed by atoms with Crippen LogP contribution >= 0.6 is 0 Å². The molecule has 0 atom stereocenters. The summed E-state index contributed by atoms with van der Waals surface area (Å²) in [6.07, 6.45) is 5.48. The Labute approximate surface area is 198 Å². The molecule has 0 radical (unpaired) electrons. The average Bonchev–Trinajstić information content (AvgIpc) is 3.41. The van der Waals surface area contributed by atoms with Crippen molar-refractivity contribution in [3.8, 4) is 11.3 Å². The second kappa shape index (κ2) is 8.75. The minimum atomic E-state index is -0.112. The van der Waals surface area contributed by atoms with Gasteiger partial charge in [0.05, 0.1) is 23.1 Å². The second-order valence-electron chi connectivity index (χ2n) is 8.81. The maximum atomic E-state index is 12.8. The lowest BCUT2D eigenvalue weighted by molar-refractivity contribution is 0.0966. The maximum absolute atomic E-state index is 12.8. The van der Waals surface area contributed by atoms with Crippen LogP contribution in [0, 0.1) is 0 Å². The molecule has 0 saturated carbocycles. The van der Waals surface area contributed by atoms with Crippen LogP contribution in [0.4, 0.5) is 17.3 Å². The van der Waals surface area contributed by atoms with Crippen molar-refractivity contribution in [3.63, 3.8) is 0 Å². The van der Waals surface area contributed by atoms with Gasteiger partial charge in [-0.05, 0) is 38.4 Å². The highest BCUT2D eigenvalue weighted by Gasteiger charge is 2.28. The fraction of sp³-hybridized carbons (Fsp3) is 0.280. The number of anilines is 3. The first-order valence-electron chi connectivity index (χ1n) is 11.2. The number of amides is 1. The highest BCUT2D eigenvalue weighted by molar-refractivity contribution is 6.06. The summed E-state index contributed by atoms with van der Waals surface area (Å²) in [5, 5.41) is 7.29. The van der Waals surface area contributed by atoms with Crippen molar-refractivity contribution in [1.29, 1.82) is 0 Å². The number of hydrogen-bond donors (Lipinski definition) is 2. The third-order valence-corrected chi connectivity index (χ3v) is 6.13. The predicted molar refractivity (Wildman–Crippen MR) is 134 cm³/mol. The number of hydrogen-bond acceptors (Lipinski definition) is 7. The van der Waals surface area contributed by atoms with Crippen molar-refractivity contribution in [2.24, 2.45) is 7.05 Å². The lowest BCUT2D eigenvalue weighted by Crippen LogP contribution is -2.29. The van der Waals surface area contributed by atoms with Crippen LogP contribution in [0.1, 0.15) is 15.9 Å². The largest absolute Gasteiger partial charge is 0.358 e. The van der Waals surface area contributed by atoms with Crippen LogP contribution in [0.2, 0.25) is 0 Å². The molecule has 1 amide bonds. The van der Waals surface area contributed by atoms with Gasteiger partial charge in [0, 0.05) is 62.6 Å². The molecule has 0 saturated heterocycles. The number of pyridine rings is 3. The summed E-state index contributed by atoms with van der Waals surface area (Å²) in [4.78, 5) is 31.1. The first kappa shape index (κ1) is 21.8. The Bertz CT molecular complexity index is 1380. The SMILES string of the molecule is CN(C)CCN(C)c1cccc(Nc2cnc(-c3ccnc4c3ccn4C)c3c2C(=O)NC3)n1. The molecule has 0 bridgehead atoms. The van der Waals surface area contributed by atoms with Gasteiger partial charge in [-0.3, -0.25) is 9.78 Å². The van der Waals surface area contributed by atoms with Gasteiger partial charge in [-0.25, -0.2) is 9.97 Å². The topological polar surface area (TPSA) is 91.2 Å². The van der Waals surface area contributed by atoms with E-state index >= 15 is 0 Å². The van der Waals surface area contributed by atoms with Gasteiger partial charge in [0.1, 0.15) is 17.3 Å². The van der Waals surface area contributed by atoms with Gasteiger partial charge in [0.2, 0.25) is 0 Å². The van der Waals surface area contributed by atoms with Crippen molar-refractivity contribution in [2.45, 2.75) is 6.54 Å². The van der Waals surface area contributed by atoms with E-state index in [1.165, 1.54) is 0 Å². The molecule has 5 rings (SSSR count). The standard InChI is InChI=1S/C25H28N8O/c1-31(2)12-13-32(3)21-7-5-6-20(30-21)29-19-15-27-23(18-14-28-25(34)22(18)19)16-8-10-26-24-17(16)9-11-33(24)4/h5-11,15H,12-14H2,1-4H3,(H,28,34)(H,29,30). The Hall–Kier alpha value is -3.98. The molecule has 0 fully saturated rings. The summed E-state index contributed by atoms with van der Waals surface area (Å²) < 4.78 is 1.98. The van der Waals surface area contributed by atoms with E-state index in [2.05, 4.69) is 39.5 Å². The highest BCUT2D eigenvalue weighted by atomic mass is 16.1. The van der Waals surface area contributed by atoms with Crippen molar-refractivity contribution in [1.82, 2.24) is 29.7 Å². The summed E-state index contributed by atoms with van der Waals surface area (Å²) in [6.45, 7) is 2.22. The van der Waals surface area contributed by atoms with E-state index in [0.717, 1.165) is 46.8 Å². The van der Waals surface area contributed by atoms with Crippen molar-refractivity contribution in [2.75, 3.05) is 44.4 Å². The molecule has 4 aromatic rings. The number of fused-ring (bicyclic) bond motifs is 2.